The van der Waals surface area contributed by atoms with Crippen molar-refractivity contribution in [3.05, 3.63) is 30.0 Å². The van der Waals surface area contributed by atoms with Gasteiger partial charge in [-0.3, -0.25) is 4.68 Å². The van der Waals surface area contributed by atoms with Crippen LogP contribution in [0.1, 0.15) is 38.8 Å². The zero-order valence-corrected chi connectivity index (χ0v) is 12.8. The first-order chi connectivity index (χ1) is 9.15. The Bertz CT molecular complexity index is 537. The summed E-state index contributed by atoms with van der Waals surface area (Å²) in [5, 5.41) is 11.5. The van der Waals surface area contributed by atoms with Gasteiger partial charge in [-0.15, -0.1) is 12.4 Å². The average molecular weight is 302 g/mol. The summed E-state index contributed by atoms with van der Waals surface area (Å²) in [6.07, 6.45) is 4.51. The smallest absolute Gasteiger partial charge is 0.216 e. The molecule has 0 aliphatic rings. The van der Waals surface area contributed by atoms with E-state index in [4.69, 9.17) is 0 Å². The van der Waals surface area contributed by atoms with Crippen molar-refractivity contribution in [1.82, 2.24) is 19.6 Å². The van der Waals surface area contributed by atoms with Crippen molar-refractivity contribution in [3.8, 4) is 0 Å². The highest BCUT2D eigenvalue weighted by Gasteiger charge is 2.10. The lowest BCUT2D eigenvalue weighted by Crippen LogP contribution is -2.07. The molecule has 1 atom stereocenters. The van der Waals surface area contributed by atoms with Gasteiger partial charge in [-0.25, -0.2) is 4.68 Å². The van der Waals surface area contributed by atoms with Crippen LogP contribution in [0.5, 0.6) is 0 Å². The minimum Gasteiger partial charge on any atom is -0.364 e. The minimum atomic E-state index is -0.281. The molecule has 0 amide bonds. The van der Waals surface area contributed by atoms with Gasteiger partial charge < -0.3 is 5.32 Å². The van der Waals surface area contributed by atoms with Crippen molar-refractivity contribution in [3.63, 3.8) is 0 Å². The van der Waals surface area contributed by atoms with Crippen molar-refractivity contribution in [2.75, 3.05) is 5.32 Å². The number of nitrogens with one attached hydrogen (secondary N) is 1. The van der Waals surface area contributed by atoms with Gasteiger partial charge in [-0.2, -0.15) is 14.6 Å². The molecule has 0 aromatic carbocycles. The fourth-order valence-electron chi connectivity index (χ4n) is 1.80. The van der Waals surface area contributed by atoms with E-state index in [0.29, 0.717) is 24.7 Å². The molecule has 0 aliphatic carbocycles. The Morgan fingerprint density at radius 2 is 2.15 bits per heavy atom. The predicted molar refractivity (Wildman–Crippen MR) is 79.7 cm³/mol. The highest BCUT2D eigenvalue weighted by atomic mass is 35.5. The fraction of sp³-hybridized carbons (Fsp3) is 0.538. The molecule has 0 aliphatic heterocycles. The third-order valence-corrected chi connectivity index (χ3v) is 3.25. The number of hydrogen-bond acceptors (Lipinski definition) is 3. The van der Waals surface area contributed by atoms with Gasteiger partial charge in [0.25, 0.3) is 0 Å². The third kappa shape index (κ3) is 3.50. The summed E-state index contributed by atoms with van der Waals surface area (Å²) >= 11 is 0. The van der Waals surface area contributed by atoms with Gasteiger partial charge in [0.1, 0.15) is 5.82 Å². The van der Waals surface area contributed by atoms with E-state index in [0.717, 1.165) is 12.2 Å². The van der Waals surface area contributed by atoms with Crippen LogP contribution >= 0.6 is 12.4 Å². The SMILES string of the molecule is CCC(C)n1ccc(NCc2cnn(CC)c2F)n1.Cl. The molecule has 2 aromatic heterocycles. The van der Waals surface area contributed by atoms with E-state index in [1.165, 1.54) is 4.68 Å². The lowest BCUT2D eigenvalue weighted by molar-refractivity contribution is 0.465. The van der Waals surface area contributed by atoms with Crippen LogP contribution in [-0.2, 0) is 13.1 Å². The first-order valence-electron chi connectivity index (χ1n) is 6.64. The summed E-state index contributed by atoms with van der Waals surface area (Å²) in [5.74, 6) is 0.473. The number of anilines is 1. The molecular weight excluding hydrogens is 281 g/mol. The number of halogens is 2. The molecule has 5 nitrogen and oxygen atoms in total. The summed E-state index contributed by atoms with van der Waals surface area (Å²) in [7, 11) is 0. The largest absolute Gasteiger partial charge is 0.364 e. The molecule has 112 valence electrons. The Labute approximate surface area is 124 Å². The van der Waals surface area contributed by atoms with E-state index in [-0.39, 0.29) is 18.4 Å². The molecule has 1 N–H and O–H groups in total. The number of hydrogen-bond donors (Lipinski definition) is 1. The van der Waals surface area contributed by atoms with E-state index in [1.54, 1.807) is 6.20 Å². The summed E-state index contributed by atoms with van der Waals surface area (Å²) in [4.78, 5) is 0. The van der Waals surface area contributed by atoms with Crippen molar-refractivity contribution in [2.45, 2.75) is 46.3 Å². The topological polar surface area (TPSA) is 47.7 Å². The van der Waals surface area contributed by atoms with Crippen molar-refractivity contribution >= 4 is 18.2 Å². The molecule has 0 spiro atoms. The van der Waals surface area contributed by atoms with E-state index in [2.05, 4.69) is 29.4 Å². The third-order valence-electron chi connectivity index (χ3n) is 3.25. The van der Waals surface area contributed by atoms with Crippen LogP contribution in [0.25, 0.3) is 0 Å². The summed E-state index contributed by atoms with van der Waals surface area (Å²) in [5.41, 5.74) is 0.555. The standard InChI is InChI=1S/C13H20FN5.ClH/c1-4-10(3)19-7-6-12(17-19)15-8-11-9-16-18(5-2)13(11)14;/h6-7,9-10H,4-5,8H2,1-3H3,(H,15,17);1H. The van der Waals surface area contributed by atoms with E-state index >= 15 is 0 Å². The summed E-state index contributed by atoms with van der Waals surface area (Å²) < 4.78 is 17.0. The van der Waals surface area contributed by atoms with Crippen LogP contribution < -0.4 is 5.32 Å². The molecule has 0 saturated heterocycles. The van der Waals surface area contributed by atoms with Crippen LogP contribution in [0.3, 0.4) is 0 Å². The Morgan fingerprint density at radius 1 is 1.40 bits per heavy atom. The second-order valence-electron chi connectivity index (χ2n) is 4.57. The lowest BCUT2D eigenvalue weighted by atomic mass is 10.3. The van der Waals surface area contributed by atoms with E-state index in [9.17, 15) is 4.39 Å². The number of nitrogens with zero attached hydrogens (tertiary/aromatic N) is 4. The van der Waals surface area contributed by atoms with Crippen LogP contribution in [0.15, 0.2) is 18.5 Å². The molecule has 0 fully saturated rings. The van der Waals surface area contributed by atoms with Crippen molar-refractivity contribution in [1.29, 1.82) is 0 Å². The van der Waals surface area contributed by atoms with E-state index < -0.39 is 0 Å². The Hall–Kier alpha value is -1.56. The molecule has 0 radical (unpaired) electrons. The monoisotopic (exact) mass is 301 g/mol. The Balaban J connectivity index is 0.00000200. The quantitative estimate of drug-likeness (QED) is 0.891. The minimum absolute atomic E-state index is 0. The van der Waals surface area contributed by atoms with Gasteiger partial charge in [0, 0.05) is 37.0 Å². The van der Waals surface area contributed by atoms with Gasteiger partial charge in [0.05, 0.1) is 6.20 Å². The molecule has 7 heteroatoms. The van der Waals surface area contributed by atoms with Crippen LogP contribution in [0.2, 0.25) is 0 Å². The maximum atomic E-state index is 13.8. The number of aryl methyl sites for hydroxylation is 1. The summed E-state index contributed by atoms with van der Waals surface area (Å²) in [6.45, 7) is 7.02. The van der Waals surface area contributed by atoms with Gasteiger partial charge in [0.2, 0.25) is 5.95 Å². The fourth-order valence-corrected chi connectivity index (χ4v) is 1.80. The molecule has 2 rings (SSSR count). The maximum Gasteiger partial charge on any atom is 0.216 e. The van der Waals surface area contributed by atoms with Crippen molar-refractivity contribution in [2.24, 2.45) is 0 Å². The predicted octanol–water partition coefficient (Wildman–Crippen LogP) is 3.24. The van der Waals surface area contributed by atoms with Crippen LogP contribution in [-0.4, -0.2) is 19.6 Å². The number of rotatable bonds is 6. The van der Waals surface area contributed by atoms with Gasteiger partial charge >= 0.3 is 0 Å². The normalized spacial score (nSPS) is 12.0. The summed E-state index contributed by atoms with van der Waals surface area (Å²) in [6, 6.07) is 2.27. The second kappa shape index (κ2) is 7.28. The Kier molecular flexibility index (Phi) is 6.01. The molecular formula is C13H21ClFN5. The van der Waals surface area contributed by atoms with E-state index in [1.807, 2.05) is 23.9 Å². The average Bonchev–Trinajstić information content (AvgIpc) is 3.02. The van der Waals surface area contributed by atoms with Crippen molar-refractivity contribution < 1.29 is 4.39 Å². The van der Waals surface area contributed by atoms with Crippen LogP contribution in [0, 0.1) is 5.95 Å². The zero-order valence-electron chi connectivity index (χ0n) is 12.0. The highest BCUT2D eigenvalue weighted by molar-refractivity contribution is 5.85. The molecule has 2 aromatic rings. The number of aromatic nitrogens is 4. The van der Waals surface area contributed by atoms with Crippen LogP contribution in [0.4, 0.5) is 10.2 Å². The second-order valence-corrected chi connectivity index (χ2v) is 4.57. The first-order valence-corrected chi connectivity index (χ1v) is 6.64. The molecule has 2 heterocycles. The molecule has 0 bridgehead atoms. The van der Waals surface area contributed by atoms with Gasteiger partial charge in [-0.1, -0.05) is 6.92 Å². The maximum absolute atomic E-state index is 13.8. The molecule has 0 saturated carbocycles. The molecule has 20 heavy (non-hydrogen) atoms. The Morgan fingerprint density at radius 3 is 2.75 bits per heavy atom. The zero-order chi connectivity index (χ0) is 13.8. The molecule has 1 unspecified atom stereocenters. The van der Waals surface area contributed by atoms with Gasteiger partial charge in [0.15, 0.2) is 0 Å². The highest BCUT2D eigenvalue weighted by Crippen LogP contribution is 2.13. The lowest BCUT2D eigenvalue weighted by Gasteiger charge is -2.08. The van der Waals surface area contributed by atoms with Gasteiger partial charge in [-0.05, 0) is 20.3 Å². The first kappa shape index (κ1) is 16.5.